The summed E-state index contributed by atoms with van der Waals surface area (Å²) in [6, 6.07) is 0. The van der Waals surface area contributed by atoms with E-state index in [0.29, 0.717) is 12.2 Å². The molecular formula is C10H16O11. The molecule has 0 aromatic rings. The minimum Gasteiger partial charge on any atom is -0.479 e. The topological polar surface area (TPSA) is 213 Å². The first-order valence-corrected chi connectivity index (χ1v) is 5.24. The van der Waals surface area contributed by atoms with Gasteiger partial charge in [0.05, 0.1) is 6.61 Å². The molecule has 4 unspecified atom stereocenters. The molecule has 0 heterocycles. The second-order valence-corrected chi connectivity index (χ2v) is 3.52. The number of aliphatic carboxylic acids is 3. The molecule has 0 radical (unpaired) electrons. The normalized spacial score (nSPS) is 16.2. The van der Waals surface area contributed by atoms with E-state index in [4.69, 9.17) is 40.9 Å². The van der Waals surface area contributed by atoms with Crippen LogP contribution in [0.2, 0.25) is 0 Å². The Bertz CT molecular complexity index is 361. The van der Waals surface area contributed by atoms with Crippen LogP contribution in [-0.4, -0.2) is 89.8 Å². The van der Waals surface area contributed by atoms with E-state index in [-0.39, 0.29) is 0 Å². The molecule has 0 fully saturated rings. The van der Waals surface area contributed by atoms with Crippen molar-refractivity contribution in [3.05, 3.63) is 12.2 Å². The minimum atomic E-state index is -2.20. The zero-order valence-electron chi connectivity index (χ0n) is 10.5. The monoisotopic (exact) mass is 312 g/mol. The van der Waals surface area contributed by atoms with E-state index in [1.807, 2.05) is 0 Å². The average Bonchev–Trinajstić information content (AvgIpc) is 2.42. The minimum absolute atomic E-state index is 0.558. The Hall–Kier alpha value is -2.05. The van der Waals surface area contributed by atoms with Crippen LogP contribution in [0.15, 0.2) is 12.2 Å². The fraction of sp³-hybridized carbons (Fsp3) is 0.500. The predicted molar refractivity (Wildman–Crippen MR) is 63.2 cm³/mol. The number of aliphatic hydroxyl groups excluding tert-OH is 5. The number of carbonyl (C=O) groups is 3. The maximum Gasteiger partial charge on any atom is 0.335 e. The van der Waals surface area contributed by atoms with E-state index in [9.17, 15) is 14.4 Å². The molecule has 11 heteroatoms. The molecule has 8 N–H and O–H groups in total. The standard InChI is InChI=1S/C6H12O7.C4H4O4/c7-1-2(8)3(9)4(10)5(11)6(12)13;5-3(6)1-2-4(7)8/h2-5,7-11H,1H2,(H,12,13);1-2H,(H,5,6)(H,7,8)/b;2-1+. The van der Waals surface area contributed by atoms with Crippen molar-refractivity contribution in [1.82, 2.24) is 0 Å². The molecule has 4 atom stereocenters. The Labute approximate surface area is 117 Å². The van der Waals surface area contributed by atoms with Crippen molar-refractivity contribution in [2.24, 2.45) is 0 Å². The molecule has 0 rings (SSSR count). The number of carboxylic acids is 3. The molecule has 11 nitrogen and oxygen atoms in total. The van der Waals surface area contributed by atoms with Gasteiger partial charge in [0.15, 0.2) is 6.10 Å². The lowest BCUT2D eigenvalue weighted by Gasteiger charge is -2.23. The summed E-state index contributed by atoms with van der Waals surface area (Å²) in [5, 5.41) is 67.4. The van der Waals surface area contributed by atoms with Gasteiger partial charge in [-0.3, -0.25) is 0 Å². The number of hydrogen-bond acceptors (Lipinski definition) is 8. The summed E-state index contributed by atoms with van der Waals surface area (Å²) in [4.78, 5) is 29.2. The van der Waals surface area contributed by atoms with E-state index in [1.165, 1.54) is 0 Å². The molecule has 0 saturated carbocycles. The van der Waals surface area contributed by atoms with Crippen LogP contribution in [0.3, 0.4) is 0 Å². The summed E-state index contributed by atoms with van der Waals surface area (Å²) in [6.45, 7) is -0.843. The molecule has 0 aliphatic carbocycles. The highest BCUT2D eigenvalue weighted by Crippen LogP contribution is 2.04. The summed E-state index contributed by atoms with van der Waals surface area (Å²) >= 11 is 0. The van der Waals surface area contributed by atoms with Crippen molar-refractivity contribution < 1.29 is 55.2 Å². The second-order valence-electron chi connectivity index (χ2n) is 3.52. The van der Waals surface area contributed by atoms with Crippen LogP contribution in [0.1, 0.15) is 0 Å². The quantitative estimate of drug-likeness (QED) is 0.213. The molecule has 122 valence electrons. The predicted octanol–water partition coefficient (Wildman–Crippen LogP) is -3.78. The van der Waals surface area contributed by atoms with Gasteiger partial charge in [0.1, 0.15) is 18.3 Å². The number of hydrogen-bond donors (Lipinski definition) is 8. The molecule has 0 aromatic heterocycles. The molecule has 21 heavy (non-hydrogen) atoms. The average molecular weight is 312 g/mol. The van der Waals surface area contributed by atoms with Crippen molar-refractivity contribution in [3.8, 4) is 0 Å². The lowest BCUT2D eigenvalue weighted by Crippen LogP contribution is -2.48. The Morgan fingerprint density at radius 2 is 1.19 bits per heavy atom. The van der Waals surface area contributed by atoms with Gasteiger partial charge < -0.3 is 40.9 Å². The number of rotatable bonds is 7. The Morgan fingerprint density at radius 1 is 0.810 bits per heavy atom. The van der Waals surface area contributed by atoms with Crippen molar-refractivity contribution in [2.45, 2.75) is 24.4 Å². The fourth-order valence-electron chi connectivity index (χ4n) is 0.811. The molecular weight excluding hydrogens is 296 g/mol. The molecule has 0 amide bonds. The van der Waals surface area contributed by atoms with Crippen molar-refractivity contribution >= 4 is 17.9 Å². The summed E-state index contributed by atoms with van der Waals surface area (Å²) in [5.41, 5.74) is 0. The van der Waals surface area contributed by atoms with E-state index < -0.39 is 48.9 Å². The van der Waals surface area contributed by atoms with Crippen LogP contribution in [0.4, 0.5) is 0 Å². The van der Waals surface area contributed by atoms with Crippen molar-refractivity contribution in [3.63, 3.8) is 0 Å². The first-order valence-electron chi connectivity index (χ1n) is 5.24. The van der Waals surface area contributed by atoms with Gasteiger partial charge in [-0.2, -0.15) is 0 Å². The molecule has 0 aliphatic rings. The molecule has 0 bridgehead atoms. The third-order valence-corrected chi connectivity index (χ3v) is 1.88. The van der Waals surface area contributed by atoms with E-state index >= 15 is 0 Å². The van der Waals surface area contributed by atoms with Gasteiger partial charge in [-0.1, -0.05) is 0 Å². The maximum atomic E-state index is 10.1. The van der Waals surface area contributed by atoms with Gasteiger partial charge in [0.25, 0.3) is 0 Å². The van der Waals surface area contributed by atoms with Gasteiger partial charge in [-0.15, -0.1) is 0 Å². The highest BCUT2D eigenvalue weighted by molar-refractivity contribution is 5.89. The molecule has 0 spiro atoms. The van der Waals surface area contributed by atoms with Crippen LogP contribution in [-0.2, 0) is 14.4 Å². The van der Waals surface area contributed by atoms with Gasteiger partial charge in [0.2, 0.25) is 0 Å². The summed E-state index contributed by atoms with van der Waals surface area (Å²) < 4.78 is 0. The third-order valence-electron chi connectivity index (χ3n) is 1.88. The largest absolute Gasteiger partial charge is 0.479 e. The molecule has 0 aliphatic heterocycles. The summed E-state index contributed by atoms with van der Waals surface area (Å²) in [7, 11) is 0. The lowest BCUT2D eigenvalue weighted by atomic mass is 10.0. The fourth-order valence-corrected chi connectivity index (χ4v) is 0.811. The first kappa shape index (κ1) is 21.3. The summed E-state index contributed by atoms with van der Waals surface area (Å²) in [6.07, 6.45) is -6.72. The van der Waals surface area contributed by atoms with Crippen LogP contribution < -0.4 is 0 Å². The van der Waals surface area contributed by atoms with E-state index in [0.717, 1.165) is 0 Å². The zero-order chi connectivity index (χ0) is 17.2. The maximum absolute atomic E-state index is 10.1. The van der Waals surface area contributed by atoms with E-state index in [1.54, 1.807) is 0 Å². The Morgan fingerprint density at radius 3 is 1.43 bits per heavy atom. The molecule has 0 saturated heterocycles. The highest BCUT2D eigenvalue weighted by Gasteiger charge is 2.33. The van der Waals surface area contributed by atoms with Crippen LogP contribution in [0.25, 0.3) is 0 Å². The molecule has 0 aromatic carbocycles. The van der Waals surface area contributed by atoms with Gasteiger partial charge in [-0.05, 0) is 0 Å². The number of aliphatic hydroxyl groups is 5. The Kier molecular flexibility index (Phi) is 10.8. The van der Waals surface area contributed by atoms with Crippen molar-refractivity contribution in [1.29, 1.82) is 0 Å². The summed E-state index contributed by atoms with van der Waals surface area (Å²) in [5.74, 6) is -4.24. The Balaban J connectivity index is 0. The van der Waals surface area contributed by atoms with Crippen LogP contribution in [0, 0.1) is 0 Å². The van der Waals surface area contributed by atoms with Gasteiger partial charge in [-0.25, -0.2) is 14.4 Å². The SMILES string of the molecule is O=C(O)/C=C/C(=O)O.O=C(O)C(O)C(O)C(O)C(O)CO. The van der Waals surface area contributed by atoms with Crippen molar-refractivity contribution in [2.75, 3.05) is 6.61 Å². The van der Waals surface area contributed by atoms with Gasteiger partial charge >= 0.3 is 17.9 Å². The van der Waals surface area contributed by atoms with Crippen LogP contribution >= 0.6 is 0 Å². The smallest absolute Gasteiger partial charge is 0.335 e. The second kappa shape index (κ2) is 10.7. The highest BCUT2D eigenvalue weighted by atomic mass is 16.4. The van der Waals surface area contributed by atoms with E-state index in [2.05, 4.69) is 0 Å². The lowest BCUT2D eigenvalue weighted by molar-refractivity contribution is -0.164. The third kappa shape index (κ3) is 10.4. The first-order chi connectivity index (χ1) is 9.54. The number of carboxylic acid groups (broad SMARTS) is 3. The zero-order valence-corrected chi connectivity index (χ0v) is 10.5. The van der Waals surface area contributed by atoms with Gasteiger partial charge in [0, 0.05) is 12.2 Å². The van der Waals surface area contributed by atoms with Crippen LogP contribution in [0.5, 0.6) is 0 Å².